The van der Waals surface area contributed by atoms with E-state index < -0.39 is 40.9 Å². The summed E-state index contributed by atoms with van der Waals surface area (Å²) in [7, 11) is 6.20. The van der Waals surface area contributed by atoms with Crippen molar-refractivity contribution >= 4 is 55.7 Å². The standard InChI is InChI=1S/C14H24O6.C9H16O4.C5H10Br2O2.Na.H/c1-9(2)19-11(15)13(12(16)20-10(3)4)7-14(8-13,17-5)18-6;1-6(2)12-8(10)5-9(11)13-7(3)4;1-8-5(3-6,4-7)9-2;;/h9-10H,7-8H2,1-6H3;6-7H,5H2,1-4H3;3-4H2,1-2H3;;/q;;;+1;-1. The number of carbonyl (C=O) groups excluding carboxylic acids is 4. The Morgan fingerprint density at radius 2 is 0.953 bits per heavy atom. The number of halogens is 2. The zero-order valence-corrected chi connectivity index (χ0v) is 33.2. The molecule has 1 saturated carbocycles. The summed E-state index contributed by atoms with van der Waals surface area (Å²) < 4.78 is 40.5. The first-order valence-corrected chi connectivity index (χ1v) is 15.7. The van der Waals surface area contributed by atoms with Gasteiger partial charge in [0.05, 0.1) is 35.1 Å². The van der Waals surface area contributed by atoms with Crippen molar-refractivity contribution in [2.24, 2.45) is 5.41 Å². The van der Waals surface area contributed by atoms with Gasteiger partial charge in [-0.05, 0) is 55.4 Å². The Morgan fingerprint density at radius 1 is 0.651 bits per heavy atom. The van der Waals surface area contributed by atoms with Crippen molar-refractivity contribution in [3.05, 3.63) is 0 Å². The van der Waals surface area contributed by atoms with E-state index in [1.807, 2.05) is 0 Å². The van der Waals surface area contributed by atoms with Crippen LogP contribution in [0.2, 0.25) is 0 Å². The van der Waals surface area contributed by atoms with Gasteiger partial charge in [0.1, 0.15) is 6.42 Å². The van der Waals surface area contributed by atoms with E-state index in [1.165, 1.54) is 14.2 Å². The van der Waals surface area contributed by atoms with Gasteiger partial charge in [0.25, 0.3) is 0 Å². The van der Waals surface area contributed by atoms with Crippen LogP contribution in [0, 0.1) is 5.41 Å². The van der Waals surface area contributed by atoms with Crippen molar-refractivity contribution in [1.82, 2.24) is 0 Å². The van der Waals surface area contributed by atoms with E-state index in [0.717, 1.165) is 0 Å². The molecule has 0 aromatic rings. The van der Waals surface area contributed by atoms with Crippen LogP contribution in [-0.4, -0.2) is 99.0 Å². The number of rotatable bonds is 14. The first-order valence-electron chi connectivity index (χ1n) is 13.5. The number of carbonyl (C=O) groups is 4. The van der Waals surface area contributed by atoms with E-state index in [0.29, 0.717) is 10.7 Å². The first kappa shape index (κ1) is 47.1. The summed E-state index contributed by atoms with van der Waals surface area (Å²) in [5, 5.41) is 1.33. The average Bonchev–Trinajstić information content (AvgIpc) is 2.85. The van der Waals surface area contributed by atoms with Crippen LogP contribution in [0.25, 0.3) is 0 Å². The van der Waals surface area contributed by atoms with Crippen molar-refractivity contribution in [2.45, 2.75) is 111 Å². The van der Waals surface area contributed by atoms with Crippen LogP contribution in [0.15, 0.2) is 0 Å². The van der Waals surface area contributed by atoms with Gasteiger partial charge in [-0.1, -0.05) is 31.9 Å². The number of esters is 4. The second kappa shape index (κ2) is 23.1. The molecule has 0 aliphatic heterocycles. The average molecular weight is 763 g/mol. The molecule has 0 saturated heterocycles. The topological polar surface area (TPSA) is 142 Å². The molecule has 43 heavy (non-hydrogen) atoms. The summed E-state index contributed by atoms with van der Waals surface area (Å²) in [6.07, 6.45) is -1.10. The quantitative estimate of drug-likeness (QED) is 0.0637. The summed E-state index contributed by atoms with van der Waals surface area (Å²) in [5.74, 6) is -3.67. The van der Waals surface area contributed by atoms with Gasteiger partial charge in [0.2, 0.25) is 0 Å². The second-order valence-corrected chi connectivity index (χ2v) is 11.6. The molecule has 0 spiro atoms. The van der Waals surface area contributed by atoms with Crippen molar-refractivity contribution in [3.8, 4) is 0 Å². The van der Waals surface area contributed by atoms with Crippen molar-refractivity contribution < 1.29 is 88.1 Å². The second-order valence-electron chi connectivity index (χ2n) is 10.5. The minimum absolute atomic E-state index is 0. The van der Waals surface area contributed by atoms with Crippen LogP contribution in [0.5, 0.6) is 0 Å². The Hall–Kier alpha value is -0.320. The molecular formula is C28H51Br2NaO12. The molecule has 1 aliphatic carbocycles. The summed E-state index contributed by atoms with van der Waals surface area (Å²) >= 11 is 6.55. The molecule has 0 unspecified atom stereocenters. The molecular weight excluding hydrogens is 711 g/mol. The predicted octanol–water partition coefficient (Wildman–Crippen LogP) is 1.82. The van der Waals surface area contributed by atoms with Crippen LogP contribution in [0.1, 0.15) is 76.1 Å². The van der Waals surface area contributed by atoms with Crippen LogP contribution in [0.4, 0.5) is 0 Å². The molecule has 15 heteroatoms. The molecule has 12 nitrogen and oxygen atoms in total. The first-order chi connectivity index (χ1) is 19.4. The Morgan fingerprint density at radius 3 is 1.14 bits per heavy atom. The molecule has 0 heterocycles. The summed E-state index contributed by atoms with van der Waals surface area (Å²) in [5.41, 5.74) is -1.33. The maximum absolute atomic E-state index is 12.3. The fourth-order valence-corrected chi connectivity index (χ4v) is 5.17. The minimum Gasteiger partial charge on any atom is -1.00 e. The van der Waals surface area contributed by atoms with Crippen molar-refractivity contribution in [2.75, 3.05) is 39.1 Å². The van der Waals surface area contributed by atoms with Gasteiger partial charge >= 0.3 is 53.4 Å². The summed E-state index contributed by atoms with van der Waals surface area (Å²) in [4.78, 5) is 46.4. The van der Waals surface area contributed by atoms with E-state index >= 15 is 0 Å². The van der Waals surface area contributed by atoms with Gasteiger partial charge in [0.15, 0.2) is 17.0 Å². The molecule has 0 N–H and O–H groups in total. The molecule has 0 atom stereocenters. The van der Waals surface area contributed by atoms with Gasteiger partial charge in [-0.15, -0.1) is 0 Å². The normalized spacial score (nSPS) is 14.7. The van der Waals surface area contributed by atoms with Gasteiger partial charge in [0, 0.05) is 41.3 Å². The van der Waals surface area contributed by atoms with E-state index in [9.17, 15) is 19.2 Å². The molecule has 1 aliphatic rings. The smallest absolute Gasteiger partial charge is 1.00 e. The maximum Gasteiger partial charge on any atom is 1.00 e. The van der Waals surface area contributed by atoms with Crippen LogP contribution in [0.3, 0.4) is 0 Å². The van der Waals surface area contributed by atoms with E-state index in [1.54, 1.807) is 69.6 Å². The summed E-state index contributed by atoms with van der Waals surface area (Å²) in [6.45, 7) is 13.8. The molecule has 250 valence electrons. The Kier molecular flexibility index (Phi) is 25.3. The molecule has 0 radical (unpaired) electrons. The van der Waals surface area contributed by atoms with Gasteiger partial charge in [-0.3, -0.25) is 19.2 Å². The third-order valence-corrected chi connectivity index (χ3v) is 7.24. The Bertz CT molecular complexity index is 766. The van der Waals surface area contributed by atoms with Crippen molar-refractivity contribution in [3.63, 3.8) is 0 Å². The zero-order valence-electron chi connectivity index (χ0n) is 29.0. The van der Waals surface area contributed by atoms with Crippen LogP contribution >= 0.6 is 31.9 Å². The molecule has 1 fully saturated rings. The number of ether oxygens (including phenoxy) is 8. The molecule has 0 aromatic heterocycles. The number of alkyl halides is 2. The monoisotopic (exact) mass is 760 g/mol. The van der Waals surface area contributed by atoms with Gasteiger partial charge < -0.3 is 39.3 Å². The molecule has 0 bridgehead atoms. The minimum atomic E-state index is -1.33. The number of hydrogen-bond donors (Lipinski definition) is 0. The molecule has 0 aromatic carbocycles. The van der Waals surface area contributed by atoms with Gasteiger partial charge in [-0.25, -0.2) is 0 Å². The van der Waals surface area contributed by atoms with E-state index in [2.05, 4.69) is 31.9 Å². The third kappa shape index (κ3) is 17.2. The SMILES string of the molecule is CC(C)OC(=O)CC(=O)OC(C)C.COC(CBr)(CBr)OC.COC1(OC)CC(C(=O)OC(C)C)(C(=O)OC(C)C)C1.[H-].[Na+]. The van der Waals surface area contributed by atoms with Crippen LogP contribution < -0.4 is 29.6 Å². The predicted molar refractivity (Wildman–Crippen MR) is 163 cm³/mol. The Balaban J connectivity index is -0.000000290. The Labute approximate surface area is 297 Å². The van der Waals surface area contributed by atoms with Gasteiger partial charge in [-0.2, -0.15) is 0 Å². The number of hydrogen-bond acceptors (Lipinski definition) is 12. The third-order valence-electron chi connectivity index (χ3n) is 5.53. The fraction of sp³-hybridized carbons (Fsp3) is 0.857. The molecule has 0 amide bonds. The zero-order chi connectivity index (χ0) is 33.3. The van der Waals surface area contributed by atoms with Crippen LogP contribution in [-0.2, 0) is 57.1 Å². The fourth-order valence-electron chi connectivity index (χ4n) is 3.33. The van der Waals surface area contributed by atoms with Crippen molar-refractivity contribution in [1.29, 1.82) is 0 Å². The van der Waals surface area contributed by atoms with E-state index in [4.69, 9.17) is 37.9 Å². The van der Waals surface area contributed by atoms with E-state index in [-0.39, 0.29) is 74.7 Å². The maximum atomic E-state index is 12.3. The largest absolute Gasteiger partial charge is 1.00 e. The summed E-state index contributed by atoms with van der Waals surface area (Å²) in [6, 6.07) is 0. The molecule has 1 rings (SSSR count). The number of methoxy groups -OCH3 is 4.